The van der Waals surface area contributed by atoms with E-state index in [0.29, 0.717) is 6.54 Å². The van der Waals surface area contributed by atoms with Crippen LogP contribution in [0.4, 0.5) is 13.2 Å². The van der Waals surface area contributed by atoms with Crippen LogP contribution in [0.3, 0.4) is 0 Å². The molecule has 0 aromatic heterocycles. The molecule has 0 N–H and O–H groups in total. The molecule has 0 heterocycles. The summed E-state index contributed by atoms with van der Waals surface area (Å²) < 4.78 is 39.1. The lowest BCUT2D eigenvalue weighted by atomic mass is 10.00. The van der Waals surface area contributed by atoms with Gasteiger partial charge >= 0.3 is 6.18 Å². The Morgan fingerprint density at radius 1 is 1.12 bits per heavy atom. The Morgan fingerprint density at radius 2 is 1.62 bits per heavy atom. The zero-order valence-electron chi connectivity index (χ0n) is 10.5. The van der Waals surface area contributed by atoms with Gasteiger partial charge in [-0.25, -0.2) is 0 Å². The molecule has 1 aliphatic carbocycles. The van der Waals surface area contributed by atoms with Gasteiger partial charge in [0.25, 0.3) is 0 Å². The molecule has 0 aromatic rings. The van der Waals surface area contributed by atoms with Gasteiger partial charge in [-0.15, -0.1) is 0 Å². The summed E-state index contributed by atoms with van der Waals surface area (Å²) in [5.41, 5.74) is 0. The van der Waals surface area contributed by atoms with E-state index in [9.17, 15) is 13.2 Å². The van der Waals surface area contributed by atoms with E-state index >= 15 is 0 Å². The highest BCUT2D eigenvalue weighted by Gasteiger charge is 2.49. The first-order chi connectivity index (χ1) is 7.23. The highest BCUT2D eigenvalue weighted by atomic mass is 19.4. The predicted octanol–water partition coefficient (Wildman–Crippen LogP) is 3.69. The summed E-state index contributed by atoms with van der Waals surface area (Å²) in [6, 6.07) is -1.11. The van der Waals surface area contributed by atoms with Gasteiger partial charge in [0.15, 0.2) is 0 Å². The van der Waals surface area contributed by atoms with Crippen LogP contribution in [0.25, 0.3) is 0 Å². The molecule has 0 amide bonds. The fourth-order valence-corrected chi connectivity index (χ4v) is 2.27. The second-order valence-corrected chi connectivity index (χ2v) is 5.55. The van der Waals surface area contributed by atoms with Crippen LogP contribution >= 0.6 is 0 Å². The third-order valence-electron chi connectivity index (χ3n) is 2.92. The summed E-state index contributed by atoms with van der Waals surface area (Å²) in [4.78, 5) is 1.68. The number of hydrogen-bond acceptors (Lipinski definition) is 1. The van der Waals surface area contributed by atoms with Crippen molar-refractivity contribution in [3.63, 3.8) is 0 Å². The normalized spacial score (nSPS) is 19.9. The molecule has 1 fully saturated rings. The standard InChI is InChI=1S/C12H22F3N/c1-8(2)7-16(10-5-6-10)11(9(3)4)12(13,14)15/h8-11H,5-7H2,1-4H3/t11-/m1/s1. The molecule has 0 spiro atoms. The summed E-state index contributed by atoms with van der Waals surface area (Å²) in [7, 11) is 0. The van der Waals surface area contributed by atoms with Crippen molar-refractivity contribution in [2.45, 2.75) is 58.8 Å². The van der Waals surface area contributed by atoms with Crippen LogP contribution in [0, 0.1) is 11.8 Å². The topological polar surface area (TPSA) is 3.24 Å². The van der Waals surface area contributed by atoms with Crippen molar-refractivity contribution in [2.24, 2.45) is 11.8 Å². The molecule has 1 nitrogen and oxygen atoms in total. The maximum Gasteiger partial charge on any atom is 0.404 e. The zero-order valence-corrected chi connectivity index (χ0v) is 10.5. The van der Waals surface area contributed by atoms with E-state index in [1.165, 1.54) is 0 Å². The Hall–Kier alpha value is -0.250. The molecule has 1 saturated carbocycles. The molecular weight excluding hydrogens is 215 g/mol. The van der Waals surface area contributed by atoms with Gasteiger partial charge in [-0.05, 0) is 24.7 Å². The molecule has 16 heavy (non-hydrogen) atoms. The maximum atomic E-state index is 13.0. The Morgan fingerprint density at radius 3 is 1.88 bits per heavy atom. The van der Waals surface area contributed by atoms with Crippen molar-refractivity contribution < 1.29 is 13.2 Å². The van der Waals surface area contributed by atoms with E-state index in [2.05, 4.69) is 0 Å². The molecule has 1 atom stereocenters. The van der Waals surface area contributed by atoms with E-state index in [0.717, 1.165) is 12.8 Å². The Labute approximate surface area is 96.0 Å². The number of rotatable bonds is 5. The fraction of sp³-hybridized carbons (Fsp3) is 1.00. The first kappa shape index (κ1) is 13.8. The van der Waals surface area contributed by atoms with Gasteiger partial charge in [0.2, 0.25) is 0 Å². The molecule has 96 valence electrons. The summed E-state index contributed by atoms with van der Waals surface area (Å²) in [5, 5.41) is 0. The lowest BCUT2D eigenvalue weighted by Crippen LogP contribution is -2.51. The van der Waals surface area contributed by atoms with Gasteiger partial charge < -0.3 is 0 Å². The lowest BCUT2D eigenvalue weighted by Gasteiger charge is -2.36. The monoisotopic (exact) mass is 237 g/mol. The highest BCUT2D eigenvalue weighted by Crippen LogP contribution is 2.38. The smallest absolute Gasteiger partial charge is 0.289 e. The first-order valence-corrected chi connectivity index (χ1v) is 6.06. The van der Waals surface area contributed by atoms with Crippen molar-refractivity contribution in [1.29, 1.82) is 0 Å². The van der Waals surface area contributed by atoms with Gasteiger partial charge in [0.1, 0.15) is 6.04 Å². The minimum atomic E-state index is -4.11. The fourth-order valence-electron chi connectivity index (χ4n) is 2.27. The number of hydrogen-bond donors (Lipinski definition) is 0. The van der Waals surface area contributed by atoms with Gasteiger partial charge in [0.05, 0.1) is 0 Å². The van der Waals surface area contributed by atoms with E-state index in [4.69, 9.17) is 0 Å². The minimum Gasteiger partial charge on any atom is -0.289 e. The van der Waals surface area contributed by atoms with Crippen LogP contribution in [0.5, 0.6) is 0 Å². The van der Waals surface area contributed by atoms with Crippen molar-refractivity contribution >= 4 is 0 Å². The van der Waals surface area contributed by atoms with Gasteiger partial charge in [0, 0.05) is 12.6 Å². The van der Waals surface area contributed by atoms with Crippen molar-refractivity contribution in [2.75, 3.05) is 6.54 Å². The third kappa shape index (κ3) is 3.65. The molecule has 1 aliphatic rings. The van der Waals surface area contributed by atoms with Gasteiger partial charge in [-0.3, -0.25) is 4.90 Å². The Kier molecular flexibility index (Phi) is 4.27. The van der Waals surface area contributed by atoms with E-state index in [-0.39, 0.29) is 17.9 Å². The number of halogens is 3. The Balaban J connectivity index is 2.79. The molecule has 0 bridgehead atoms. The molecular formula is C12H22F3N. The first-order valence-electron chi connectivity index (χ1n) is 6.06. The maximum absolute atomic E-state index is 13.0. The van der Waals surface area contributed by atoms with E-state index in [1.54, 1.807) is 18.7 Å². The Bertz CT molecular complexity index is 219. The van der Waals surface area contributed by atoms with Crippen molar-refractivity contribution in [3.05, 3.63) is 0 Å². The second kappa shape index (κ2) is 4.94. The van der Waals surface area contributed by atoms with Crippen molar-refractivity contribution in [3.8, 4) is 0 Å². The SMILES string of the molecule is CC(C)CN(C1CC1)[C@H](C(C)C)C(F)(F)F. The van der Waals surface area contributed by atoms with Crippen molar-refractivity contribution in [1.82, 2.24) is 4.90 Å². The molecule has 0 unspecified atom stereocenters. The molecule has 0 saturated heterocycles. The minimum absolute atomic E-state index is 0.163. The summed E-state index contributed by atoms with van der Waals surface area (Å²) in [6.45, 7) is 7.82. The zero-order chi connectivity index (χ0) is 12.5. The number of nitrogens with zero attached hydrogens (tertiary/aromatic N) is 1. The molecule has 0 radical (unpaired) electrons. The van der Waals surface area contributed by atoms with Crippen LogP contribution < -0.4 is 0 Å². The molecule has 4 heteroatoms. The van der Waals surface area contributed by atoms with Crippen LogP contribution in [0.1, 0.15) is 40.5 Å². The molecule has 1 rings (SSSR count). The van der Waals surface area contributed by atoms with Gasteiger partial charge in [-0.1, -0.05) is 27.7 Å². The largest absolute Gasteiger partial charge is 0.404 e. The van der Waals surface area contributed by atoms with Crippen LogP contribution in [-0.2, 0) is 0 Å². The van der Waals surface area contributed by atoms with Crippen LogP contribution in [0.15, 0.2) is 0 Å². The van der Waals surface area contributed by atoms with E-state index in [1.807, 2.05) is 13.8 Å². The summed E-state index contributed by atoms with van der Waals surface area (Å²) in [5.74, 6) is -0.0939. The van der Waals surface area contributed by atoms with E-state index < -0.39 is 12.2 Å². The average molecular weight is 237 g/mol. The molecule has 0 aliphatic heterocycles. The number of alkyl halides is 3. The lowest BCUT2D eigenvalue weighted by molar-refractivity contribution is -0.198. The van der Waals surface area contributed by atoms with Gasteiger partial charge in [-0.2, -0.15) is 13.2 Å². The average Bonchev–Trinajstić information content (AvgIpc) is 2.79. The summed E-state index contributed by atoms with van der Waals surface area (Å²) in [6.07, 6.45) is -2.26. The molecule has 0 aromatic carbocycles. The van der Waals surface area contributed by atoms with Crippen LogP contribution in [-0.4, -0.2) is 29.7 Å². The second-order valence-electron chi connectivity index (χ2n) is 5.55. The predicted molar refractivity (Wildman–Crippen MR) is 59.2 cm³/mol. The third-order valence-corrected chi connectivity index (χ3v) is 2.92. The summed E-state index contributed by atoms with van der Waals surface area (Å²) >= 11 is 0. The quantitative estimate of drug-likeness (QED) is 0.704. The highest BCUT2D eigenvalue weighted by molar-refractivity contribution is 4.93. The van der Waals surface area contributed by atoms with Crippen LogP contribution in [0.2, 0.25) is 0 Å².